The van der Waals surface area contributed by atoms with E-state index in [1.165, 1.54) is 6.07 Å². The summed E-state index contributed by atoms with van der Waals surface area (Å²) >= 11 is 0. The van der Waals surface area contributed by atoms with E-state index < -0.39 is 11.7 Å². The van der Waals surface area contributed by atoms with E-state index in [4.69, 9.17) is 0 Å². The molecule has 0 saturated heterocycles. The Morgan fingerprint density at radius 1 is 1.17 bits per heavy atom. The molecule has 0 fully saturated rings. The molecule has 24 heavy (non-hydrogen) atoms. The Bertz CT molecular complexity index is 783. The molecule has 1 aromatic heterocycles. The largest absolute Gasteiger partial charge is 0.507 e. The molecule has 1 aliphatic carbocycles. The average Bonchev–Trinajstić information content (AvgIpc) is 2.56. The summed E-state index contributed by atoms with van der Waals surface area (Å²) in [6.45, 7) is 1.98. The van der Waals surface area contributed by atoms with Gasteiger partial charge in [0.05, 0.1) is 11.3 Å². The van der Waals surface area contributed by atoms with Crippen molar-refractivity contribution in [3.63, 3.8) is 0 Å². The van der Waals surface area contributed by atoms with Gasteiger partial charge in [-0.15, -0.1) is 0 Å². The number of aromatic hydroxyl groups is 1. The summed E-state index contributed by atoms with van der Waals surface area (Å²) in [5.41, 5.74) is 5.40. The summed E-state index contributed by atoms with van der Waals surface area (Å²) in [6, 6.07) is 5.67. The number of anilines is 1. The van der Waals surface area contributed by atoms with E-state index in [1.807, 2.05) is 13.0 Å². The first-order chi connectivity index (χ1) is 11.4. The summed E-state index contributed by atoms with van der Waals surface area (Å²) in [6.07, 6.45) is -1.20. The van der Waals surface area contributed by atoms with Crippen molar-refractivity contribution in [2.75, 3.05) is 5.43 Å². The van der Waals surface area contributed by atoms with Crippen LogP contribution in [0.5, 0.6) is 5.75 Å². The first-order valence-corrected chi connectivity index (χ1v) is 7.54. The maximum atomic E-state index is 12.5. The van der Waals surface area contributed by atoms with Crippen molar-refractivity contribution in [2.45, 2.75) is 32.4 Å². The van der Waals surface area contributed by atoms with Gasteiger partial charge < -0.3 is 5.11 Å². The summed E-state index contributed by atoms with van der Waals surface area (Å²) in [4.78, 5) is 3.72. The lowest BCUT2D eigenvalue weighted by molar-refractivity contribution is -0.137. The van der Waals surface area contributed by atoms with Crippen LogP contribution in [0.3, 0.4) is 0 Å². The fraction of sp³-hybridized carbons (Fsp3) is 0.294. The summed E-state index contributed by atoms with van der Waals surface area (Å²) < 4.78 is 37.6. The van der Waals surface area contributed by atoms with E-state index in [0.717, 1.165) is 36.2 Å². The van der Waals surface area contributed by atoms with E-state index >= 15 is 0 Å². The Kier molecular flexibility index (Phi) is 4.17. The molecule has 2 N–H and O–H groups in total. The fourth-order valence-corrected chi connectivity index (χ4v) is 2.81. The number of benzene rings is 1. The maximum absolute atomic E-state index is 12.5. The van der Waals surface area contributed by atoms with Crippen LogP contribution in [0.15, 0.2) is 35.6 Å². The van der Waals surface area contributed by atoms with Crippen LogP contribution in [-0.2, 0) is 12.6 Å². The number of pyridine rings is 1. The third kappa shape index (κ3) is 3.20. The number of aromatic nitrogens is 1. The number of phenols is 1. The van der Waals surface area contributed by atoms with Gasteiger partial charge >= 0.3 is 6.18 Å². The third-order valence-electron chi connectivity index (χ3n) is 4.05. The second kappa shape index (κ2) is 6.14. The van der Waals surface area contributed by atoms with Crippen LogP contribution in [-0.4, -0.2) is 15.8 Å². The number of fused-ring (bicyclic) bond motifs is 1. The molecule has 1 aromatic carbocycles. The minimum Gasteiger partial charge on any atom is -0.507 e. The molecule has 0 spiro atoms. The zero-order valence-electron chi connectivity index (χ0n) is 13.0. The molecular weight excluding hydrogens is 319 g/mol. The van der Waals surface area contributed by atoms with Crippen LogP contribution in [0, 0.1) is 6.92 Å². The molecule has 0 bridgehead atoms. The van der Waals surface area contributed by atoms with E-state index in [9.17, 15) is 18.3 Å². The Morgan fingerprint density at radius 3 is 2.62 bits per heavy atom. The molecule has 0 saturated carbocycles. The highest BCUT2D eigenvalue weighted by Gasteiger charge is 2.30. The summed E-state index contributed by atoms with van der Waals surface area (Å²) in [5.74, 6) is 0.381. The zero-order valence-corrected chi connectivity index (χ0v) is 13.0. The highest BCUT2D eigenvalue weighted by atomic mass is 19.4. The van der Waals surface area contributed by atoms with Crippen LogP contribution in [0.1, 0.15) is 35.1 Å². The highest BCUT2D eigenvalue weighted by molar-refractivity contribution is 6.05. The van der Waals surface area contributed by atoms with Crippen LogP contribution in [0.2, 0.25) is 0 Å². The van der Waals surface area contributed by atoms with Gasteiger partial charge in [0.15, 0.2) is 0 Å². The van der Waals surface area contributed by atoms with Crippen molar-refractivity contribution in [1.82, 2.24) is 4.98 Å². The Hall–Kier alpha value is -2.57. The van der Waals surface area contributed by atoms with E-state index in [2.05, 4.69) is 15.5 Å². The van der Waals surface area contributed by atoms with Crippen molar-refractivity contribution < 1.29 is 18.3 Å². The van der Waals surface area contributed by atoms with Gasteiger partial charge in [0, 0.05) is 11.8 Å². The topological polar surface area (TPSA) is 57.5 Å². The highest BCUT2D eigenvalue weighted by Crippen LogP contribution is 2.32. The molecule has 3 rings (SSSR count). The first kappa shape index (κ1) is 16.3. The molecule has 1 aliphatic rings. The minimum atomic E-state index is -4.41. The smallest absolute Gasteiger partial charge is 0.417 e. The van der Waals surface area contributed by atoms with Gasteiger partial charge in [-0.1, -0.05) is 6.07 Å². The second-order valence-electron chi connectivity index (χ2n) is 5.71. The van der Waals surface area contributed by atoms with E-state index in [-0.39, 0.29) is 11.6 Å². The van der Waals surface area contributed by atoms with Crippen molar-refractivity contribution >= 4 is 11.5 Å². The molecule has 4 nitrogen and oxygen atoms in total. The molecule has 0 unspecified atom stereocenters. The number of aryl methyl sites for hydroxylation is 1. The monoisotopic (exact) mass is 335 g/mol. The SMILES string of the molecule is Cc1ccc(O)c2c1CCC/C2=N\Nc1ccc(C(F)(F)F)cn1. The van der Waals surface area contributed by atoms with Gasteiger partial charge in [0.1, 0.15) is 11.6 Å². The predicted octanol–water partition coefficient (Wildman–Crippen LogP) is 4.27. The number of hydrogen-bond acceptors (Lipinski definition) is 4. The first-order valence-electron chi connectivity index (χ1n) is 7.54. The lowest BCUT2D eigenvalue weighted by Gasteiger charge is -2.21. The van der Waals surface area contributed by atoms with Crippen LogP contribution in [0.25, 0.3) is 0 Å². The van der Waals surface area contributed by atoms with Gasteiger partial charge in [-0.25, -0.2) is 4.98 Å². The van der Waals surface area contributed by atoms with Crippen molar-refractivity contribution in [1.29, 1.82) is 0 Å². The molecule has 0 aliphatic heterocycles. The quantitative estimate of drug-likeness (QED) is 0.806. The number of nitrogens with one attached hydrogen (secondary N) is 1. The predicted molar refractivity (Wildman–Crippen MR) is 85.2 cm³/mol. The fourth-order valence-electron chi connectivity index (χ4n) is 2.81. The molecule has 0 atom stereocenters. The van der Waals surface area contributed by atoms with Crippen molar-refractivity contribution in [3.05, 3.63) is 52.7 Å². The summed E-state index contributed by atoms with van der Waals surface area (Å²) in [5, 5.41) is 14.4. The van der Waals surface area contributed by atoms with Crippen LogP contribution < -0.4 is 5.43 Å². The Balaban J connectivity index is 1.86. The van der Waals surface area contributed by atoms with Gasteiger partial charge in [-0.3, -0.25) is 5.43 Å². The molecule has 1 heterocycles. The molecule has 126 valence electrons. The lowest BCUT2D eigenvalue weighted by atomic mass is 9.86. The maximum Gasteiger partial charge on any atom is 0.417 e. The number of hydrazone groups is 1. The summed E-state index contributed by atoms with van der Waals surface area (Å²) in [7, 11) is 0. The number of rotatable bonds is 2. The molecule has 0 radical (unpaired) electrons. The van der Waals surface area contributed by atoms with Gasteiger partial charge in [0.2, 0.25) is 0 Å². The Labute approximate surface area is 137 Å². The van der Waals surface area contributed by atoms with Gasteiger partial charge in [-0.2, -0.15) is 18.3 Å². The number of halogens is 3. The molecule has 7 heteroatoms. The van der Waals surface area contributed by atoms with Gasteiger partial charge in [-0.05, 0) is 55.5 Å². The van der Waals surface area contributed by atoms with Crippen molar-refractivity contribution in [2.24, 2.45) is 5.10 Å². The number of alkyl halides is 3. The number of hydrogen-bond donors (Lipinski definition) is 2. The zero-order chi connectivity index (χ0) is 17.3. The normalized spacial score (nSPS) is 16.1. The number of nitrogens with zero attached hydrogens (tertiary/aromatic N) is 2. The second-order valence-corrected chi connectivity index (χ2v) is 5.71. The number of phenolic OH excluding ortho intramolecular Hbond substituents is 1. The lowest BCUT2D eigenvalue weighted by Crippen LogP contribution is -2.15. The van der Waals surface area contributed by atoms with E-state index in [0.29, 0.717) is 17.7 Å². The molecular formula is C17H16F3N3O. The average molecular weight is 335 g/mol. The van der Waals surface area contributed by atoms with E-state index in [1.54, 1.807) is 6.07 Å². The standard InChI is InChI=1S/C17H16F3N3O/c1-10-5-7-14(24)16-12(10)3-2-4-13(16)22-23-15-8-6-11(9-21-15)17(18,19)20/h5-9,24H,2-4H2,1H3,(H,21,23)/b22-13+. The van der Waals surface area contributed by atoms with Crippen LogP contribution in [0.4, 0.5) is 19.0 Å². The van der Waals surface area contributed by atoms with Crippen LogP contribution >= 0.6 is 0 Å². The Morgan fingerprint density at radius 2 is 1.96 bits per heavy atom. The minimum absolute atomic E-state index is 0.163. The molecule has 2 aromatic rings. The van der Waals surface area contributed by atoms with Crippen molar-refractivity contribution in [3.8, 4) is 5.75 Å². The third-order valence-corrected chi connectivity index (χ3v) is 4.05. The van der Waals surface area contributed by atoms with Gasteiger partial charge in [0.25, 0.3) is 0 Å². The molecule has 0 amide bonds.